The number of aromatic nitrogens is 1. The third-order valence-electron chi connectivity index (χ3n) is 2.58. The molecule has 2 rings (SSSR count). The Morgan fingerprint density at radius 1 is 1.38 bits per heavy atom. The highest BCUT2D eigenvalue weighted by atomic mass is 35.5. The van der Waals surface area contributed by atoms with E-state index in [0.29, 0.717) is 5.02 Å². The summed E-state index contributed by atoms with van der Waals surface area (Å²) in [5.41, 5.74) is 0.829. The molecule has 0 aliphatic carbocycles. The molecule has 0 bridgehead atoms. The third kappa shape index (κ3) is 2.12. The molecule has 2 nitrogen and oxygen atoms in total. The second kappa shape index (κ2) is 4.71. The van der Waals surface area contributed by atoms with Crippen molar-refractivity contribution in [3.05, 3.63) is 35.5 Å². The molecular formula is C13H14ClNO. The molecule has 0 amide bonds. The average molecular weight is 236 g/mol. The first kappa shape index (κ1) is 11.2. The number of ether oxygens (including phenoxy) is 1. The summed E-state index contributed by atoms with van der Waals surface area (Å²) in [6.07, 6.45) is 2.91. The molecule has 0 aliphatic rings. The molecule has 3 heteroatoms. The van der Waals surface area contributed by atoms with Crippen LogP contribution in [0, 0.1) is 0 Å². The molecule has 0 saturated carbocycles. The van der Waals surface area contributed by atoms with Crippen LogP contribution < -0.4 is 4.74 Å². The quantitative estimate of drug-likeness (QED) is 0.800. The molecule has 1 aromatic carbocycles. The summed E-state index contributed by atoms with van der Waals surface area (Å²) in [7, 11) is 0. The molecule has 1 aromatic heterocycles. The highest BCUT2D eigenvalue weighted by Crippen LogP contribution is 2.30. The molecule has 0 saturated heterocycles. The Balaban J connectivity index is 2.50. The summed E-state index contributed by atoms with van der Waals surface area (Å²) in [6, 6.07) is 7.56. The van der Waals surface area contributed by atoms with Crippen molar-refractivity contribution >= 4 is 22.5 Å². The fourth-order valence-electron chi connectivity index (χ4n) is 1.51. The lowest BCUT2D eigenvalue weighted by atomic mass is 10.2. The lowest BCUT2D eigenvalue weighted by Gasteiger charge is -2.14. The largest absolute Gasteiger partial charge is 0.488 e. The van der Waals surface area contributed by atoms with E-state index in [4.69, 9.17) is 16.3 Å². The zero-order valence-corrected chi connectivity index (χ0v) is 10.2. The maximum Gasteiger partial charge on any atom is 0.146 e. The first-order valence-corrected chi connectivity index (χ1v) is 5.80. The Morgan fingerprint density at radius 2 is 2.19 bits per heavy atom. The number of pyridine rings is 1. The predicted molar refractivity (Wildman–Crippen MR) is 67.1 cm³/mol. The summed E-state index contributed by atoms with van der Waals surface area (Å²) in [5, 5.41) is 1.64. The summed E-state index contributed by atoms with van der Waals surface area (Å²) in [4.78, 5) is 4.32. The molecule has 0 aliphatic heterocycles. The monoisotopic (exact) mass is 235 g/mol. The van der Waals surface area contributed by atoms with Crippen molar-refractivity contribution in [1.29, 1.82) is 0 Å². The van der Waals surface area contributed by atoms with Gasteiger partial charge in [-0.1, -0.05) is 18.5 Å². The highest BCUT2D eigenvalue weighted by molar-refractivity contribution is 6.35. The lowest BCUT2D eigenvalue weighted by molar-refractivity contribution is 0.220. The molecule has 0 spiro atoms. The molecule has 1 heterocycles. The Morgan fingerprint density at radius 3 is 2.94 bits per heavy atom. The SMILES string of the molecule is CC[C@H](C)Oc1ccc(Cl)c2cccnc12. The van der Waals surface area contributed by atoms with Crippen LogP contribution in [0.3, 0.4) is 0 Å². The second-order valence-corrected chi connectivity index (χ2v) is 4.19. The first-order chi connectivity index (χ1) is 7.72. The van der Waals surface area contributed by atoms with Crippen LogP contribution >= 0.6 is 11.6 Å². The van der Waals surface area contributed by atoms with E-state index in [1.165, 1.54) is 0 Å². The van der Waals surface area contributed by atoms with Gasteiger partial charge in [0.2, 0.25) is 0 Å². The predicted octanol–water partition coefficient (Wildman–Crippen LogP) is 4.07. The Hall–Kier alpha value is -1.28. The molecule has 0 fully saturated rings. The Bertz CT molecular complexity index is 498. The number of fused-ring (bicyclic) bond motifs is 1. The number of nitrogens with zero attached hydrogens (tertiary/aromatic N) is 1. The van der Waals surface area contributed by atoms with E-state index in [-0.39, 0.29) is 6.10 Å². The minimum atomic E-state index is 0.186. The fourth-order valence-corrected chi connectivity index (χ4v) is 1.72. The van der Waals surface area contributed by atoms with Crippen LogP contribution in [0.5, 0.6) is 5.75 Å². The van der Waals surface area contributed by atoms with Gasteiger partial charge in [0.25, 0.3) is 0 Å². The lowest BCUT2D eigenvalue weighted by Crippen LogP contribution is -2.10. The van der Waals surface area contributed by atoms with Crippen molar-refractivity contribution in [3.8, 4) is 5.75 Å². The number of hydrogen-bond donors (Lipinski definition) is 0. The van der Waals surface area contributed by atoms with E-state index < -0.39 is 0 Å². The molecule has 0 N–H and O–H groups in total. The van der Waals surface area contributed by atoms with Crippen molar-refractivity contribution in [2.24, 2.45) is 0 Å². The van der Waals surface area contributed by atoms with Crippen LogP contribution in [-0.2, 0) is 0 Å². The van der Waals surface area contributed by atoms with E-state index in [1.807, 2.05) is 31.2 Å². The smallest absolute Gasteiger partial charge is 0.146 e. The van der Waals surface area contributed by atoms with Gasteiger partial charge in [0.05, 0.1) is 11.1 Å². The van der Waals surface area contributed by atoms with Crippen molar-refractivity contribution in [3.63, 3.8) is 0 Å². The fraction of sp³-hybridized carbons (Fsp3) is 0.308. The van der Waals surface area contributed by atoms with Gasteiger partial charge in [-0.2, -0.15) is 0 Å². The Kier molecular flexibility index (Phi) is 3.30. The molecule has 2 aromatic rings. The number of benzene rings is 1. The van der Waals surface area contributed by atoms with E-state index >= 15 is 0 Å². The number of hydrogen-bond acceptors (Lipinski definition) is 2. The van der Waals surface area contributed by atoms with Crippen molar-refractivity contribution < 1.29 is 4.74 Å². The zero-order valence-electron chi connectivity index (χ0n) is 9.40. The van der Waals surface area contributed by atoms with Gasteiger partial charge < -0.3 is 4.74 Å². The summed E-state index contributed by atoms with van der Waals surface area (Å²) in [6.45, 7) is 4.14. The maximum atomic E-state index is 6.10. The van der Waals surface area contributed by atoms with Gasteiger partial charge in [-0.05, 0) is 37.6 Å². The standard InChI is InChI=1S/C13H14ClNO/c1-3-9(2)16-12-7-6-11(14)10-5-4-8-15-13(10)12/h4-9H,3H2,1-2H3/t9-/m0/s1. The molecule has 0 unspecified atom stereocenters. The van der Waals surface area contributed by atoms with Crippen molar-refractivity contribution in [1.82, 2.24) is 4.98 Å². The third-order valence-corrected chi connectivity index (χ3v) is 2.91. The Labute approximate surface area is 100 Å². The van der Waals surface area contributed by atoms with Gasteiger partial charge in [0.1, 0.15) is 11.3 Å². The number of rotatable bonds is 3. The van der Waals surface area contributed by atoms with E-state index in [9.17, 15) is 0 Å². The summed E-state index contributed by atoms with van der Waals surface area (Å²) in [5.74, 6) is 0.800. The minimum Gasteiger partial charge on any atom is -0.488 e. The average Bonchev–Trinajstić information content (AvgIpc) is 2.33. The van der Waals surface area contributed by atoms with Gasteiger partial charge in [0, 0.05) is 11.6 Å². The normalized spacial score (nSPS) is 12.7. The molecule has 16 heavy (non-hydrogen) atoms. The van der Waals surface area contributed by atoms with Crippen LogP contribution in [-0.4, -0.2) is 11.1 Å². The second-order valence-electron chi connectivity index (χ2n) is 3.78. The van der Waals surface area contributed by atoms with Crippen LogP contribution in [0.25, 0.3) is 10.9 Å². The molecule has 0 radical (unpaired) electrons. The minimum absolute atomic E-state index is 0.186. The highest BCUT2D eigenvalue weighted by Gasteiger charge is 2.08. The van der Waals surface area contributed by atoms with Gasteiger partial charge >= 0.3 is 0 Å². The van der Waals surface area contributed by atoms with Gasteiger partial charge in [-0.25, -0.2) is 0 Å². The number of halogens is 1. The molecular weight excluding hydrogens is 222 g/mol. The summed E-state index contributed by atoms with van der Waals surface area (Å²) < 4.78 is 5.81. The molecule has 84 valence electrons. The van der Waals surface area contributed by atoms with E-state index in [2.05, 4.69) is 11.9 Å². The van der Waals surface area contributed by atoms with Crippen LogP contribution in [0.15, 0.2) is 30.5 Å². The molecule has 1 atom stereocenters. The zero-order chi connectivity index (χ0) is 11.5. The maximum absolute atomic E-state index is 6.10. The van der Waals surface area contributed by atoms with E-state index in [1.54, 1.807) is 6.20 Å². The van der Waals surface area contributed by atoms with Crippen molar-refractivity contribution in [2.75, 3.05) is 0 Å². The topological polar surface area (TPSA) is 22.1 Å². The van der Waals surface area contributed by atoms with Crippen LogP contribution in [0.1, 0.15) is 20.3 Å². The van der Waals surface area contributed by atoms with Crippen LogP contribution in [0.4, 0.5) is 0 Å². The summed E-state index contributed by atoms with van der Waals surface area (Å²) >= 11 is 6.10. The van der Waals surface area contributed by atoms with Gasteiger partial charge in [0.15, 0.2) is 0 Å². The van der Waals surface area contributed by atoms with Gasteiger partial charge in [-0.15, -0.1) is 0 Å². The van der Waals surface area contributed by atoms with E-state index in [0.717, 1.165) is 23.1 Å². The van der Waals surface area contributed by atoms with Gasteiger partial charge in [-0.3, -0.25) is 4.98 Å². The van der Waals surface area contributed by atoms with Crippen molar-refractivity contribution in [2.45, 2.75) is 26.4 Å². The first-order valence-electron chi connectivity index (χ1n) is 5.42. The van der Waals surface area contributed by atoms with Crippen LogP contribution in [0.2, 0.25) is 5.02 Å².